The van der Waals surface area contributed by atoms with E-state index in [1.54, 1.807) is 12.1 Å². The second-order valence-corrected chi connectivity index (χ2v) is 5.26. The third kappa shape index (κ3) is 2.50. The van der Waals surface area contributed by atoms with E-state index in [1.165, 1.54) is 16.0 Å². The molecule has 2 aromatic rings. The molecule has 2 rings (SSSR count). The first kappa shape index (κ1) is 12.1. The van der Waals surface area contributed by atoms with Gasteiger partial charge in [-0.2, -0.15) is 5.10 Å². The van der Waals surface area contributed by atoms with Gasteiger partial charge in [-0.15, -0.1) is 11.3 Å². The molecule has 1 N–H and O–H groups in total. The molecule has 17 heavy (non-hydrogen) atoms. The molecule has 0 aliphatic heterocycles. The van der Waals surface area contributed by atoms with Gasteiger partial charge in [-0.25, -0.2) is 4.79 Å². The first-order chi connectivity index (χ1) is 8.11. The van der Waals surface area contributed by atoms with Crippen molar-refractivity contribution in [2.24, 2.45) is 0 Å². The molecule has 6 heteroatoms. The molecule has 0 aromatic carbocycles. The second kappa shape index (κ2) is 4.89. The molecule has 0 bridgehead atoms. The van der Waals surface area contributed by atoms with Crippen molar-refractivity contribution in [3.8, 4) is 10.6 Å². The molecule has 2 heterocycles. The predicted molar refractivity (Wildman–Crippen MR) is 67.8 cm³/mol. The highest BCUT2D eigenvalue weighted by Crippen LogP contribution is 2.30. The summed E-state index contributed by atoms with van der Waals surface area (Å²) in [5.41, 5.74) is 0.874. The maximum absolute atomic E-state index is 11.1. The Balaban J connectivity index is 2.43. The SMILES string of the molecule is CCCn1nc(-c2ccc(Cl)s2)cc1C(=O)O. The topological polar surface area (TPSA) is 55.1 Å². The second-order valence-electron chi connectivity index (χ2n) is 3.55. The van der Waals surface area contributed by atoms with Crippen LogP contribution >= 0.6 is 22.9 Å². The maximum Gasteiger partial charge on any atom is 0.354 e. The summed E-state index contributed by atoms with van der Waals surface area (Å²) >= 11 is 7.24. The third-order valence-electron chi connectivity index (χ3n) is 2.26. The average Bonchev–Trinajstić information content (AvgIpc) is 2.85. The number of carboxylic acid groups (broad SMARTS) is 1. The highest BCUT2D eigenvalue weighted by atomic mass is 35.5. The fourth-order valence-corrected chi connectivity index (χ4v) is 2.54. The minimum atomic E-state index is -0.958. The Hall–Kier alpha value is -1.33. The van der Waals surface area contributed by atoms with Gasteiger partial charge in [0.15, 0.2) is 0 Å². The van der Waals surface area contributed by atoms with E-state index >= 15 is 0 Å². The molecule has 0 saturated carbocycles. The molecule has 0 fully saturated rings. The molecule has 0 unspecified atom stereocenters. The lowest BCUT2D eigenvalue weighted by atomic mass is 10.3. The van der Waals surface area contributed by atoms with Crippen LogP contribution in [0, 0.1) is 0 Å². The van der Waals surface area contributed by atoms with Crippen LogP contribution < -0.4 is 0 Å². The van der Waals surface area contributed by atoms with Crippen molar-refractivity contribution in [2.75, 3.05) is 0 Å². The molecule has 0 spiro atoms. The van der Waals surface area contributed by atoms with Crippen LogP contribution in [0.5, 0.6) is 0 Å². The standard InChI is InChI=1S/C11H11ClN2O2S/c1-2-5-14-8(11(15)16)6-7(13-14)9-3-4-10(12)17-9/h3-4,6H,2,5H2,1H3,(H,15,16). The van der Waals surface area contributed by atoms with Crippen LogP contribution in [0.25, 0.3) is 10.6 Å². The van der Waals surface area contributed by atoms with E-state index in [0.29, 0.717) is 16.6 Å². The summed E-state index contributed by atoms with van der Waals surface area (Å²) in [5.74, 6) is -0.958. The molecule has 90 valence electrons. The summed E-state index contributed by atoms with van der Waals surface area (Å²) < 4.78 is 2.19. The first-order valence-corrected chi connectivity index (χ1v) is 6.38. The van der Waals surface area contributed by atoms with Gasteiger partial charge in [0, 0.05) is 6.54 Å². The molecular weight excluding hydrogens is 260 g/mol. The van der Waals surface area contributed by atoms with Gasteiger partial charge in [-0.05, 0) is 24.6 Å². The van der Waals surface area contributed by atoms with Crippen LogP contribution in [0.3, 0.4) is 0 Å². The van der Waals surface area contributed by atoms with Gasteiger partial charge in [-0.1, -0.05) is 18.5 Å². The van der Waals surface area contributed by atoms with Crippen LogP contribution in [0.2, 0.25) is 4.34 Å². The number of aryl methyl sites for hydroxylation is 1. The Morgan fingerprint density at radius 2 is 2.35 bits per heavy atom. The van der Waals surface area contributed by atoms with E-state index in [2.05, 4.69) is 5.10 Å². The van der Waals surface area contributed by atoms with E-state index in [4.69, 9.17) is 16.7 Å². The molecule has 0 saturated heterocycles. The summed E-state index contributed by atoms with van der Waals surface area (Å²) in [4.78, 5) is 11.9. The first-order valence-electron chi connectivity index (χ1n) is 5.18. The van der Waals surface area contributed by atoms with E-state index in [0.717, 1.165) is 11.3 Å². The van der Waals surface area contributed by atoms with Crippen molar-refractivity contribution in [3.05, 3.63) is 28.2 Å². The molecule has 0 radical (unpaired) electrons. The van der Waals surface area contributed by atoms with E-state index in [-0.39, 0.29) is 5.69 Å². The van der Waals surface area contributed by atoms with Gasteiger partial charge in [-0.3, -0.25) is 4.68 Å². The average molecular weight is 271 g/mol. The van der Waals surface area contributed by atoms with Crippen molar-refractivity contribution in [1.82, 2.24) is 9.78 Å². The fraction of sp³-hybridized carbons (Fsp3) is 0.273. The Labute approximate surface area is 107 Å². The van der Waals surface area contributed by atoms with Gasteiger partial charge in [0.2, 0.25) is 0 Å². The number of aromatic nitrogens is 2. The van der Waals surface area contributed by atoms with Gasteiger partial charge < -0.3 is 5.11 Å². The van der Waals surface area contributed by atoms with E-state index in [9.17, 15) is 4.79 Å². The van der Waals surface area contributed by atoms with Crippen LogP contribution in [0.4, 0.5) is 0 Å². The Morgan fingerprint density at radius 3 is 2.88 bits per heavy atom. The molecule has 0 aliphatic rings. The van der Waals surface area contributed by atoms with Crippen LogP contribution in [0.1, 0.15) is 23.8 Å². The Kier molecular flexibility index (Phi) is 3.49. The summed E-state index contributed by atoms with van der Waals surface area (Å²) in [7, 11) is 0. The van der Waals surface area contributed by atoms with Crippen LogP contribution in [-0.2, 0) is 6.54 Å². The summed E-state index contributed by atoms with van der Waals surface area (Å²) in [6, 6.07) is 5.21. The number of nitrogens with zero attached hydrogens (tertiary/aromatic N) is 2. The van der Waals surface area contributed by atoms with Crippen LogP contribution in [-0.4, -0.2) is 20.9 Å². The van der Waals surface area contributed by atoms with Crippen molar-refractivity contribution in [2.45, 2.75) is 19.9 Å². The lowest BCUT2D eigenvalue weighted by molar-refractivity contribution is 0.0683. The predicted octanol–water partition coefficient (Wildman–Crippen LogP) is 3.37. The fourth-order valence-electron chi connectivity index (χ4n) is 1.54. The Morgan fingerprint density at radius 1 is 1.59 bits per heavy atom. The number of thiophene rings is 1. The number of hydrogen-bond donors (Lipinski definition) is 1. The van der Waals surface area contributed by atoms with Gasteiger partial charge in [0.05, 0.1) is 9.21 Å². The zero-order valence-corrected chi connectivity index (χ0v) is 10.8. The van der Waals surface area contributed by atoms with Crippen LogP contribution in [0.15, 0.2) is 18.2 Å². The minimum Gasteiger partial charge on any atom is -0.477 e. The lowest BCUT2D eigenvalue weighted by Gasteiger charge is -2.00. The molecule has 0 atom stereocenters. The summed E-state index contributed by atoms with van der Waals surface area (Å²) in [6.45, 7) is 2.58. The lowest BCUT2D eigenvalue weighted by Crippen LogP contribution is -2.09. The molecule has 0 aliphatic carbocycles. The highest BCUT2D eigenvalue weighted by Gasteiger charge is 2.15. The van der Waals surface area contributed by atoms with Gasteiger partial charge in [0.25, 0.3) is 0 Å². The number of aromatic carboxylic acids is 1. The van der Waals surface area contributed by atoms with Crippen molar-refractivity contribution < 1.29 is 9.90 Å². The van der Waals surface area contributed by atoms with Crippen molar-refractivity contribution in [3.63, 3.8) is 0 Å². The zero-order valence-electron chi connectivity index (χ0n) is 9.18. The number of carboxylic acids is 1. The largest absolute Gasteiger partial charge is 0.477 e. The molecule has 4 nitrogen and oxygen atoms in total. The smallest absolute Gasteiger partial charge is 0.354 e. The van der Waals surface area contributed by atoms with Crippen molar-refractivity contribution >= 4 is 28.9 Å². The summed E-state index contributed by atoms with van der Waals surface area (Å²) in [5, 5.41) is 13.4. The zero-order chi connectivity index (χ0) is 12.4. The maximum atomic E-state index is 11.1. The number of hydrogen-bond acceptors (Lipinski definition) is 3. The highest BCUT2D eigenvalue weighted by molar-refractivity contribution is 7.19. The Bertz CT molecular complexity index is 547. The van der Waals surface area contributed by atoms with E-state index < -0.39 is 5.97 Å². The van der Waals surface area contributed by atoms with Crippen molar-refractivity contribution in [1.29, 1.82) is 0 Å². The summed E-state index contributed by atoms with van der Waals surface area (Å²) in [6.07, 6.45) is 0.840. The quantitative estimate of drug-likeness (QED) is 0.927. The normalized spacial score (nSPS) is 10.7. The number of carbonyl (C=O) groups is 1. The number of halogens is 1. The minimum absolute atomic E-state index is 0.214. The molecule has 0 amide bonds. The van der Waals surface area contributed by atoms with Gasteiger partial charge >= 0.3 is 5.97 Å². The number of rotatable bonds is 4. The van der Waals surface area contributed by atoms with E-state index in [1.807, 2.05) is 13.0 Å². The third-order valence-corrected chi connectivity index (χ3v) is 3.51. The molecule has 2 aromatic heterocycles. The monoisotopic (exact) mass is 270 g/mol. The van der Waals surface area contributed by atoms with Gasteiger partial charge in [0.1, 0.15) is 11.4 Å². The molecular formula is C11H11ClN2O2S.